The first kappa shape index (κ1) is 18.4. The van der Waals surface area contributed by atoms with Gasteiger partial charge in [0.15, 0.2) is 5.16 Å². The second-order valence-electron chi connectivity index (χ2n) is 6.38. The van der Waals surface area contributed by atoms with Crippen LogP contribution in [-0.2, 0) is 13.0 Å². The van der Waals surface area contributed by atoms with Gasteiger partial charge in [-0.25, -0.2) is 0 Å². The van der Waals surface area contributed by atoms with E-state index in [0.29, 0.717) is 11.8 Å². The van der Waals surface area contributed by atoms with E-state index in [2.05, 4.69) is 44.0 Å². The van der Waals surface area contributed by atoms with Crippen LogP contribution >= 0.6 is 11.8 Å². The molecule has 7 heteroatoms. The van der Waals surface area contributed by atoms with Crippen LogP contribution in [0.2, 0.25) is 0 Å². The highest BCUT2D eigenvalue weighted by Crippen LogP contribution is 2.34. The minimum atomic E-state index is -0.0240. The fourth-order valence-electron chi connectivity index (χ4n) is 2.94. The zero-order valence-electron chi connectivity index (χ0n) is 15.8. The van der Waals surface area contributed by atoms with Crippen molar-refractivity contribution in [1.82, 2.24) is 25.0 Å². The maximum absolute atomic E-state index is 5.88. The Bertz CT molecular complexity index is 1030. The molecule has 0 aliphatic rings. The number of hydrogen-bond donors (Lipinski definition) is 0. The number of nitrogens with zero attached hydrogens (tertiary/aromatic N) is 5. The third kappa shape index (κ3) is 3.99. The number of thioether (sulfide) groups is 1. The van der Waals surface area contributed by atoms with Crippen LogP contribution in [0, 0.1) is 0 Å². The molecule has 0 radical (unpaired) electrons. The van der Waals surface area contributed by atoms with Gasteiger partial charge in [-0.05, 0) is 31.5 Å². The Hall–Kier alpha value is -2.93. The van der Waals surface area contributed by atoms with Crippen molar-refractivity contribution in [3.63, 3.8) is 0 Å². The summed E-state index contributed by atoms with van der Waals surface area (Å²) < 4.78 is 8.02. The molecule has 142 valence electrons. The summed E-state index contributed by atoms with van der Waals surface area (Å²) in [5, 5.41) is 18.0. The molecular weight excluding hydrogens is 370 g/mol. The van der Waals surface area contributed by atoms with Crippen LogP contribution in [0.3, 0.4) is 0 Å². The first-order valence-corrected chi connectivity index (χ1v) is 10.1. The fourth-order valence-corrected chi connectivity index (χ4v) is 3.90. The predicted molar refractivity (Wildman–Crippen MR) is 109 cm³/mol. The van der Waals surface area contributed by atoms with Gasteiger partial charge in [0.25, 0.3) is 0 Å². The lowest BCUT2D eigenvalue weighted by molar-refractivity contribution is 0.508. The van der Waals surface area contributed by atoms with E-state index in [9.17, 15) is 0 Å². The van der Waals surface area contributed by atoms with Crippen LogP contribution < -0.4 is 0 Å². The van der Waals surface area contributed by atoms with Crippen molar-refractivity contribution in [2.24, 2.45) is 0 Å². The lowest BCUT2D eigenvalue weighted by Gasteiger charge is -2.09. The molecule has 0 saturated carbocycles. The Morgan fingerprint density at radius 2 is 1.64 bits per heavy atom. The molecule has 1 atom stereocenters. The molecule has 0 amide bonds. The average molecular weight is 392 g/mol. The van der Waals surface area contributed by atoms with E-state index in [1.54, 1.807) is 11.8 Å². The van der Waals surface area contributed by atoms with Gasteiger partial charge in [-0.2, -0.15) is 0 Å². The minimum Gasteiger partial charge on any atom is -0.419 e. The molecule has 2 aromatic carbocycles. The third-order valence-corrected chi connectivity index (χ3v) is 5.47. The second kappa shape index (κ2) is 8.39. The molecule has 0 saturated heterocycles. The van der Waals surface area contributed by atoms with Crippen molar-refractivity contribution in [3.05, 3.63) is 77.9 Å². The third-order valence-electron chi connectivity index (χ3n) is 4.41. The molecule has 6 nitrogen and oxygen atoms in total. The Morgan fingerprint density at radius 3 is 2.36 bits per heavy atom. The molecule has 0 N–H and O–H groups in total. The second-order valence-corrected chi connectivity index (χ2v) is 7.68. The van der Waals surface area contributed by atoms with Crippen LogP contribution in [-0.4, -0.2) is 25.0 Å². The van der Waals surface area contributed by atoms with E-state index in [1.807, 2.05) is 55.5 Å². The summed E-state index contributed by atoms with van der Waals surface area (Å²) in [5.74, 6) is 2.07. The number of rotatable bonds is 7. The molecule has 1 unspecified atom stereocenters. The molecule has 0 spiro atoms. The van der Waals surface area contributed by atoms with Gasteiger partial charge in [0.1, 0.15) is 5.82 Å². The van der Waals surface area contributed by atoms with Crippen LogP contribution in [0.1, 0.15) is 36.4 Å². The van der Waals surface area contributed by atoms with E-state index < -0.39 is 0 Å². The summed E-state index contributed by atoms with van der Waals surface area (Å²) in [6.07, 6.45) is 0.759. The van der Waals surface area contributed by atoms with Crippen molar-refractivity contribution in [3.8, 4) is 11.5 Å². The highest BCUT2D eigenvalue weighted by molar-refractivity contribution is 7.99. The number of benzene rings is 2. The summed E-state index contributed by atoms with van der Waals surface area (Å²) >= 11 is 1.58. The molecule has 2 aromatic heterocycles. The van der Waals surface area contributed by atoms with Gasteiger partial charge in [-0.3, -0.25) is 0 Å². The Morgan fingerprint density at radius 1 is 0.929 bits per heavy atom. The van der Waals surface area contributed by atoms with Crippen LogP contribution in [0.5, 0.6) is 0 Å². The van der Waals surface area contributed by atoms with E-state index >= 15 is 0 Å². The van der Waals surface area contributed by atoms with Crippen molar-refractivity contribution in [1.29, 1.82) is 0 Å². The van der Waals surface area contributed by atoms with Gasteiger partial charge in [0, 0.05) is 18.5 Å². The van der Waals surface area contributed by atoms with Gasteiger partial charge in [0.05, 0.1) is 5.25 Å². The highest BCUT2D eigenvalue weighted by atomic mass is 32.2. The SMILES string of the molecule is CCn1c(Cc2ccccc2)nnc1SC(C)c1nnc(-c2ccccc2)o1. The monoisotopic (exact) mass is 391 g/mol. The Kier molecular flexibility index (Phi) is 5.53. The molecule has 4 rings (SSSR count). The van der Waals surface area contributed by atoms with Crippen molar-refractivity contribution in [2.45, 2.75) is 37.2 Å². The van der Waals surface area contributed by atoms with E-state index in [0.717, 1.165) is 29.5 Å². The lowest BCUT2D eigenvalue weighted by atomic mass is 10.1. The van der Waals surface area contributed by atoms with E-state index in [-0.39, 0.29) is 5.25 Å². The van der Waals surface area contributed by atoms with Crippen LogP contribution in [0.25, 0.3) is 11.5 Å². The highest BCUT2D eigenvalue weighted by Gasteiger charge is 2.20. The molecule has 0 aliphatic carbocycles. The maximum atomic E-state index is 5.88. The van der Waals surface area contributed by atoms with Gasteiger partial charge in [-0.1, -0.05) is 60.3 Å². The van der Waals surface area contributed by atoms with Crippen molar-refractivity contribution < 1.29 is 4.42 Å². The van der Waals surface area contributed by atoms with Crippen molar-refractivity contribution in [2.75, 3.05) is 0 Å². The van der Waals surface area contributed by atoms with Gasteiger partial charge in [0.2, 0.25) is 11.8 Å². The van der Waals surface area contributed by atoms with Crippen molar-refractivity contribution >= 4 is 11.8 Å². The smallest absolute Gasteiger partial charge is 0.247 e. The molecule has 0 fully saturated rings. The molecule has 0 aliphatic heterocycles. The quantitative estimate of drug-likeness (QED) is 0.422. The molecule has 0 bridgehead atoms. The zero-order chi connectivity index (χ0) is 19.3. The predicted octanol–water partition coefficient (Wildman–Crippen LogP) is 4.79. The fraction of sp³-hybridized carbons (Fsp3) is 0.238. The number of aromatic nitrogens is 5. The largest absolute Gasteiger partial charge is 0.419 e. The zero-order valence-corrected chi connectivity index (χ0v) is 16.6. The van der Waals surface area contributed by atoms with Crippen LogP contribution in [0.15, 0.2) is 70.2 Å². The topological polar surface area (TPSA) is 69.6 Å². The standard InChI is InChI=1S/C21H21N5OS/c1-3-26-18(14-16-10-6-4-7-11-16)22-25-21(26)28-15(2)19-23-24-20(27-19)17-12-8-5-9-13-17/h4-13,15H,3,14H2,1-2H3. The molecule has 4 aromatic rings. The summed E-state index contributed by atoms with van der Waals surface area (Å²) in [7, 11) is 0. The average Bonchev–Trinajstić information content (AvgIpc) is 3.37. The summed E-state index contributed by atoms with van der Waals surface area (Å²) in [5.41, 5.74) is 2.14. The normalized spacial score (nSPS) is 12.2. The first-order chi connectivity index (χ1) is 13.7. The van der Waals surface area contributed by atoms with Gasteiger partial charge < -0.3 is 8.98 Å². The maximum Gasteiger partial charge on any atom is 0.247 e. The first-order valence-electron chi connectivity index (χ1n) is 9.26. The molecule has 28 heavy (non-hydrogen) atoms. The summed E-state index contributed by atoms with van der Waals surface area (Å²) in [4.78, 5) is 0. The van der Waals surface area contributed by atoms with E-state index in [4.69, 9.17) is 4.42 Å². The Balaban J connectivity index is 1.50. The van der Waals surface area contributed by atoms with Gasteiger partial charge in [-0.15, -0.1) is 20.4 Å². The number of hydrogen-bond acceptors (Lipinski definition) is 6. The van der Waals surface area contributed by atoms with Gasteiger partial charge >= 0.3 is 0 Å². The summed E-state index contributed by atoms with van der Waals surface area (Å²) in [6, 6.07) is 20.1. The molecular formula is C21H21N5OS. The Labute approximate surface area is 168 Å². The summed E-state index contributed by atoms with van der Waals surface area (Å²) in [6.45, 7) is 4.95. The van der Waals surface area contributed by atoms with Crippen LogP contribution in [0.4, 0.5) is 0 Å². The minimum absolute atomic E-state index is 0.0240. The lowest BCUT2D eigenvalue weighted by Crippen LogP contribution is -2.04. The van der Waals surface area contributed by atoms with E-state index in [1.165, 1.54) is 5.56 Å². The molecule has 2 heterocycles.